The van der Waals surface area contributed by atoms with Crippen LogP contribution in [0.4, 0.5) is 4.39 Å². The molecule has 1 saturated carbocycles. The maximum atomic E-state index is 13.4. The molecule has 1 aromatic heterocycles. The lowest BCUT2D eigenvalue weighted by Gasteiger charge is -2.05. The lowest BCUT2D eigenvalue weighted by Crippen LogP contribution is -1.99. The van der Waals surface area contributed by atoms with Gasteiger partial charge in [0.05, 0.1) is 16.9 Å². The van der Waals surface area contributed by atoms with Crippen LogP contribution in [0.15, 0.2) is 12.1 Å². The number of fused-ring (bicyclic) bond motifs is 1. The summed E-state index contributed by atoms with van der Waals surface area (Å²) in [7, 11) is 0. The van der Waals surface area contributed by atoms with Gasteiger partial charge in [-0.1, -0.05) is 0 Å². The molecule has 0 atom stereocenters. The fourth-order valence-corrected chi connectivity index (χ4v) is 2.29. The van der Waals surface area contributed by atoms with E-state index in [2.05, 4.69) is 9.55 Å². The molecule has 84 valence electrons. The Kier molecular flexibility index (Phi) is 2.18. The Morgan fingerprint density at radius 1 is 1.50 bits per heavy atom. The SMILES string of the molecule is Cc1cc2c(cc1F)nc(CCl)n2C1CC1. The zero-order valence-corrected chi connectivity index (χ0v) is 9.76. The summed E-state index contributed by atoms with van der Waals surface area (Å²) in [6, 6.07) is 3.88. The van der Waals surface area contributed by atoms with Gasteiger partial charge >= 0.3 is 0 Å². The topological polar surface area (TPSA) is 17.8 Å². The third-order valence-corrected chi connectivity index (χ3v) is 3.31. The molecule has 0 amide bonds. The van der Waals surface area contributed by atoms with Crippen LogP contribution in [0.5, 0.6) is 0 Å². The van der Waals surface area contributed by atoms with E-state index in [0.717, 1.165) is 11.3 Å². The Morgan fingerprint density at radius 3 is 2.88 bits per heavy atom. The van der Waals surface area contributed by atoms with Gasteiger partial charge in [-0.15, -0.1) is 11.6 Å². The van der Waals surface area contributed by atoms with E-state index in [0.29, 0.717) is 23.0 Å². The van der Waals surface area contributed by atoms with Crippen molar-refractivity contribution < 1.29 is 4.39 Å². The fourth-order valence-electron chi connectivity index (χ4n) is 2.10. The zero-order chi connectivity index (χ0) is 11.3. The molecule has 1 aromatic carbocycles. The molecule has 0 spiro atoms. The fraction of sp³-hybridized carbons (Fsp3) is 0.417. The Morgan fingerprint density at radius 2 is 2.25 bits per heavy atom. The van der Waals surface area contributed by atoms with Gasteiger partial charge in [-0.3, -0.25) is 0 Å². The number of alkyl halides is 1. The molecule has 16 heavy (non-hydrogen) atoms. The van der Waals surface area contributed by atoms with Crippen LogP contribution in [0, 0.1) is 12.7 Å². The number of halogens is 2. The summed E-state index contributed by atoms with van der Waals surface area (Å²) >= 11 is 5.88. The first-order valence-corrected chi connectivity index (χ1v) is 5.97. The Hall–Kier alpha value is -1.09. The summed E-state index contributed by atoms with van der Waals surface area (Å²) in [5.41, 5.74) is 2.39. The minimum absolute atomic E-state index is 0.200. The van der Waals surface area contributed by atoms with Crippen LogP contribution in [-0.2, 0) is 5.88 Å². The summed E-state index contributed by atoms with van der Waals surface area (Å²) < 4.78 is 15.6. The largest absolute Gasteiger partial charge is 0.324 e. The Labute approximate surface area is 98.0 Å². The number of hydrogen-bond acceptors (Lipinski definition) is 1. The van der Waals surface area contributed by atoms with Gasteiger partial charge in [0, 0.05) is 12.1 Å². The van der Waals surface area contributed by atoms with Gasteiger partial charge in [-0.05, 0) is 31.4 Å². The molecule has 4 heteroatoms. The van der Waals surface area contributed by atoms with Crippen molar-refractivity contribution in [2.45, 2.75) is 31.7 Å². The summed E-state index contributed by atoms with van der Waals surface area (Å²) in [4.78, 5) is 4.39. The van der Waals surface area contributed by atoms with E-state index in [1.54, 1.807) is 6.92 Å². The lowest BCUT2D eigenvalue weighted by atomic mass is 10.2. The van der Waals surface area contributed by atoms with Gasteiger partial charge in [0.1, 0.15) is 11.6 Å². The zero-order valence-electron chi connectivity index (χ0n) is 9.00. The Bertz CT molecular complexity index is 558. The third-order valence-electron chi connectivity index (χ3n) is 3.07. The molecule has 1 fully saturated rings. The number of aromatic nitrogens is 2. The molecule has 3 rings (SSSR count). The number of imidazole rings is 1. The van der Waals surface area contributed by atoms with E-state index in [-0.39, 0.29) is 5.82 Å². The second kappa shape index (κ2) is 3.45. The normalized spacial score (nSPS) is 15.9. The highest BCUT2D eigenvalue weighted by atomic mass is 35.5. The molecular weight excluding hydrogens is 227 g/mol. The molecule has 0 N–H and O–H groups in total. The van der Waals surface area contributed by atoms with E-state index < -0.39 is 0 Å². The number of nitrogens with zero attached hydrogens (tertiary/aromatic N) is 2. The molecule has 2 nitrogen and oxygen atoms in total. The van der Waals surface area contributed by atoms with E-state index in [1.165, 1.54) is 18.9 Å². The molecule has 1 heterocycles. The standard InChI is InChI=1S/C12H12ClFN2/c1-7-4-11-10(5-9(7)14)15-12(6-13)16(11)8-2-3-8/h4-5,8H,2-3,6H2,1H3. The van der Waals surface area contributed by atoms with E-state index in [4.69, 9.17) is 11.6 Å². The minimum atomic E-state index is -0.200. The van der Waals surface area contributed by atoms with Crippen LogP contribution in [-0.4, -0.2) is 9.55 Å². The molecular formula is C12H12ClFN2. The van der Waals surface area contributed by atoms with Crippen LogP contribution in [0.25, 0.3) is 11.0 Å². The average molecular weight is 239 g/mol. The second-order valence-electron chi connectivity index (χ2n) is 4.35. The van der Waals surface area contributed by atoms with E-state index in [1.807, 2.05) is 6.07 Å². The van der Waals surface area contributed by atoms with E-state index in [9.17, 15) is 4.39 Å². The average Bonchev–Trinajstić information content (AvgIpc) is 3.03. The monoisotopic (exact) mass is 238 g/mol. The van der Waals surface area contributed by atoms with Crippen molar-refractivity contribution in [2.24, 2.45) is 0 Å². The van der Waals surface area contributed by atoms with Gasteiger partial charge in [-0.25, -0.2) is 9.37 Å². The van der Waals surface area contributed by atoms with Crippen LogP contribution in [0.1, 0.15) is 30.3 Å². The van der Waals surface area contributed by atoms with Crippen LogP contribution in [0.2, 0.25) is 0 Å². The molecule has 1 aliphatic rings. The van der Waals surface area contributed by atoms with Crippen molar-refractivity contribution in [2.75, 3.05) is 0 Å². The van der Waals surface area contributed by atoms with Gasteiger partial charge in [0.25, 0.3) is 0 Å². The molecule has 2 aromatic rings. The van der Waals surface area contributed by atoms with Crippen molar-refractivity contribution >= 4 is 22.6 Å². The molecule has 0 radical (unpaired) electrons. The molecule has 0 bridgehead atoms. The van der Waals surface area contributed by atoms with Gasteiger partial charge in [-0.2, -0.15) is 0 Å². The van der Waals surface area contributed by atoms with Crippen molar-refractivity contribution in [3.05, 3.63) is 29.3 Å². The highest BCUT2D eigenvalue weighted by Gasteiger charge is 2.28. The van der Waals surface area contributed by atoms with Crippen molar-refractivity contribution in [1.82, 2.24) is 9.55 Å². The van der Waals surface area contributed by atoms with E-state index >= 15 is 0 Å². The minimum Gasteiger partial charge on any atom is -0.324 e. The predicted molar refractivity (Wildman–Crippen MR) is 62.3 cm³/mol. The molecule has 0 aliphatic heterocycles. The maximum Gasteiger partial charge on any atom is 0.128 e. The first-order valence-electron chi connectivity index (χ1n) is 5.43. The molecule has 1 aliphatic carbocycles. The quantitative estimate of drug-likeness (QED) is 0.732. The molecule has 0 unspecified atom stereocenters. The van der Waals surface area contributed by atoms with Crippen LogP contribution >= 0.6 is 11.6 Å². The smallest absolute Gasteiger partial charge is 0.128 e. The predicted octanol–water partition coefficient (Wildman–Crippen LogP) is 3.56. The second-order valence-corrected chi connectivity index (χ2v) is 4.62. The van der Waals surface area contributed by atoms with Gasteiger partial charge in [0.2, 0.25) is 0 Å². The third kappa shape index (κ3) is 1.42. The van der Waals surface area contributed by atoms with Crippen LogP contribution in [0.3, 0.4) is 0 Å². The summed E-state index contributed by atoms with van der Waals surface area (Å²) in [5, 5.41) is 0. The molecule has 0 saturated heterocycles. The number of rotatable bonds is 2. The highest BCUT2D eigenvalue weighted by Crippen LogP contribution is 2.39. The highest BCUT2D eigenvalue weighted by molar-refractivity contribution is 6.16. The van der Waals surface area contributed by atoms with Crippen molar-refractivity contribution in [3.8, 4) is 0 Å². The van der Waals surface area contributed by atoms with Crippen molar-refractivity contribution in [3.63, 3.8) is 0 Å². The summed E-state index contributed by atoms with van der Waals surface area (Å²) in [6.07, 6.45) is 2.34. The van der Waals surface area contributed by atoms with Crippen molar-refractivity contribution in [1.29, 1.82) is 0 Å². The van der Waals surface area contributed by atoms with Gasteiger partial charge < -0.3 is 4.57 Å². The maximum absolute atomic E-state index is 13.4. The number of hydrogen-bond donors (Lipinski definition) is 0. The van der Waals surface area contributed by atoms with Gasteiger partial charge in [0.15, 0.2) is 0 Å². The number of aryl methyl sites for hydroxylation is 1. The lowest BCUT2D eigenvalue weighted by molar-refractivity contribution is 0.620. The summed E-state index contributed by atoms with van der Waals surface area (Å²) in [5.74, 6) is 1.03. The first kappa shape index (κ1) is 10.1. The Balaban J connectivity index is 2.31. The van der Waals surface area contributed by atoms with Crippen LogP contribution < -0.4 is 0 Å². The number of benzene rings is 1. The first-order chi connectivity index (χ1) is 7.70. The summed E-state index contributed by atoms with van der Waals surface area (Å²) in [6.45, 7) is 1.78.